The number of carboxylic acids is 1. The van der Waals surface area contributed by atoms with Gasteiger partial charge in [0, 0.05) is 19.5 Å². The minimum Gasteiger partial charge on any atom is -0.481 e. The number of aliphatic carboxylic acids is 1. The second-order valence-corrected chi connectivity index (χ2v) is 4.96. The van der Waals surface area contributed by atoms with Crippen LogP contribution in [0.5, 0.6) is 0 Å². The van der Waals surface area contributed by atoms with Crippen LogP contribution in [0.4, 0.5) is 0 Å². The van der Waals surface area contributed by atoms with Gasteiger partial charge in [-0.15, -0.1) is 0 Å². The smallest absolute Gasteiger partial charge is 0.303 e. The highest BCUT2D eigenvalue weighted by Crippen LogP contribution is 2.21. The fraction of sp³-hybridized carbons (Fsp3) is 0.500. The molecule has 4 heteroatoms. The predicted molar refractivity (Wildman–Crippen MR) is 68.0 cm³/mol. The Morgan fingerprint density at radius 3 is 2.56 bits per heavy atom. The van der Waals surface area contributed by atoms with Gasteiger partial charge in [-0.05, 0) is 30.0 Å². The van der Waals surface area contributed by atoms with Crippen LogP contribution in [0.1, 0.15) is 24.0 Å². The summed E-state index contributed by atoms with van der Waals surface area (Å²) >= 11 is 0. The Bertz CT molecular complexity index is 402. The van der Waals surface area contributed by atoms with E-state index in [9.17, 15) is 4.79 Å². The molecule has 4 nitrogen and oxygen atoms in total. The minimum atomic E-state index is -0.700. The summed E-state index contributed by atoms with van der Waals surface area (Å²) in [6, 6.07) is 7.91. The summed E-state index contributed by atoms with van der Waals surface area (Å²) in [4.78, 5) is 12.9. The van der Waals surface area contributed by atoms with Crippen LogP contribution in [-0.4, -0.2) is 34.2 Å². The maximum atomic E-state index is 10.6. The molecule has 1 aliphatic heterocycles. The molecule has 0 saturated carbocycles. The zero-order valence-corrected chi connectivity index (χ0v) is 10.4. The summed E-state index contributed by atoms with van der Waals surface area (Å²) in [5, 5.41) is 17.7. The highest BCUT2D eigenvalue weighted by Gasteiger charge is 2.24. The Hall–Kier alpha value is -1.39. The van der Waals surface area contributed by atoms with E-state index in [0.717, 1.165) is 31.6 Å². The summed E-state index contributed by atoms with van der Waals surface area (Å²) in [6.45, 7) is 2.78. The molecule has 18 heavy (non-hydrogen) atoms. The molecule has 1 aromatic carbocycles. The number of hydrogen-bond donors (Lipinski definition) is 2. The molecule has 98 valence electrons. The first kappa shape index (κ1) is 13.1. The van der Waals surface area contributed by atoms with Gasteiger partial charge in [0.05, 0.1) is 6.61 Å². The lowest BCUT2D eigenvalue weighted by atomic mass is 10.1. The van der Waals surface area contributed by atoms with Crippen molar-refractivity contribution >= 4 is 5.97 Å². The van der Waals surface area contributed by atoms with Crippen LogP contribution >= 0.6 is 0 Å². The first-order valence-corrected chi connectivity index (χ1v) is 6.30. The second kappa shape index (κ2) is 5.98. The van der Waals surface area contributed by atoms with E-state index >= 15 is 0 Å². The van der Waals surface area contributed by atoms with Gasteiger partial charge in [0.1, 0.15) is 0 Å². The van der Waals surface area contributed by atoms with Crippen molar-refractivity contribution in [3.63, 3.8) is 0 Å². The van der Waals surface area contributed by atoms with Gasteiger partial charge < -0.3 is 10.2 Å². The first-order valence-electron chi connectivity index (χ1n) is 6.30. The molecule has 0 aromatic heterocycles. The Labute approximate surface area is 107 Å². The maximum Gasteiger partial charge on any atom is 0.303 e. The Balaban J connectivity index is 1.85. The summed E-state index contributed by atoms with van der Waals surface area (Å²) < 4.78 is 0. The monoisotopic (exact) mass is 249 g/mol. The summed E-state index contributed by atoms with van der Waals surface area (Å²) in [7, 11) is 0. The molecule has 1 aliphatic rings. The van der Waals surface area contributed by atoms with E-state index in [-0.39, 0.29) is 13.0 Å². The number of aliphatic hydroxyl groups is 1. The fourth-order valence-electron chi connectivity index (χ4n) is 2.48. The molecule has 1 atom stereocenters. The molecule has 1 saturated heterocycles. The molecule has 0 bridgehead atoms. The highest BCUT2D eigenvalue weighted by molar-refractivity contribution is 5.67. The Morgan fingerprint density at radius 2 is 1.94 bits per heavy atom. The third-order valence-electron chi connectivity index (χ3n) is 3.44. The maximum absolute atomic E-state index is 10.6. The number of likely N-dealkylation sites (tertiary alicyclic amines) is 1. The molecule has 2 N–H and O–H groups in total. The number of rotatable bonds is 5. The lowest BCUT2D eigenvalue weighted by molar-refractivity contribution is -0.138. The largest absolute Gasteiger partial charge is 0.481 e. The Morgan fingerprint density at radius 1 is 1.28 bits per heavy atom. The predicted octanol–water partition coefficient (Wildman–Crippen LogP) is 1.48. The van der Waals surface area contributed by atoms with Crippen molar-refractivity contribution < 1.29 is 15.0 Å². The summed E-state index contributed by atoms with van der Waals surface area (Å²) in [5.74, 6) is -0.409. The standard InChI is InChI=1S/C14H19NO3/c16-10-12-3-1-11(2-4-12)8-15-6-5-13(9-15)7-14(17)18/h1-4,13,16H,5-10H2,(H,17,18). The number of benzene rings is 1. The lowest BCUT2D eigenvalue weighted by Gasteiger charge is -2.15. The molecule has 1 heterocycles. The van der Waals surface area contributed by atoms with E-state index in [1.54, 1.807) is 0 Å². The van der Waals surface area contributed by atoms with Crippen LogP contribution in [0.25, 0.3) is 0 Å². The molecular formula is C14H19NO3. The number of carbonyl (C=O) groups is 1. The minimum absolute atomic E-state index is 0.0741. The van der Waals surface area contributed by atoms with E-state index in [4.69, 9.17) is 10.2 Å². The number of carboxylic acid groups (broad SMARTS) is 1. The van der Waals surface area contributed by atoms with Crippen LogP contribution in [0.2, 0.25) is 0 Å². The van der Waals surface area contributed by atoms with Crippen molar-refractivity contribution in [2.45, 2.75) is 26.0 Å². The molecule has 0 radical (unpaired) electrons. The van der Waals surface area contributed by atoms with Gasteiger partial charge in [0.25, 0.3) is 0 Å². The highest BCUT2D eigenvalue weighted by atomic mass is 16.4. The molecule has 2 rings (SSSR count). The molecular weight excluding hydrogens is 230 g/mol. The van der Waals surface area contributed by atoms with Gasteiger partial charge in [-0.25, -0.2) is 0 Å². The van der Waals surface area contributed by atoms with Crippen molar-refractivity contribution in [2.75, 3.05) is 13.1 Å². The average Bonchev–Trinajstić information content (AvgIpc) is 2.76. The number of aliphatic hydroxyl groups excluding tert-OH is 1. The van der Waals surface area contributed by atoms with E-state index in [1.165, 1.54) is 5.56 Å². The quantitative estimate of drug-likeness (QED) is 0.829. The van der Waals surface area contributed by atoms with Gasteiger partial charge in [-0.1, -0.05) is 24.3 Å². The van der Waals surface area contributed by atoms with E-state index in [1.807, 2.05) is 24.3 Å². The van der Waals surface area contributed by atoms with E-state index < -0.39 is 5.97 Å². The number of nitrogens with zero attached hydrogens (tertiary/aromatic N) is 1. The van der Waals surface area contributed by atoms with Crippen LogP contribution in [0, 0.1) is 5.92 Å². The second-order valence-electron chi connectivity index (χ2n) is 4.96. The molecule has 1 aromatic rings. The first-order chi connectivity index (χ1) is 8.67. The summed E-state index contributed by atoms with van der Waals surface area (Å²) in [5.41, 5.74) is 2.13. The lowest BCUT2D eigenvalue weighted by Crippen LogP contribution is -2.20. The van der Waals surface area contributed by atoms with Crippen LogP contribution in [-0.2, 0) is 17.9 Å². The van der Waals surface area contributed by atoms with Gasteiger partial charge in [0.15, 0.2) is 0 Å². The molecule has 0 spiro atoms. The van der Waals surface area contributed by atoms with Crippen LogP contribution in [0.3, 0.4) is 0 Å². The van der Waals surface area contributed by atoms with Crippen LogP contribution < -0.4 is 0 Å². The van der Waals surface area contributed by atoms with Gasteiger partial charge >= 0.3 is 5.97 Å². The number of hydrogen-bond acceptors (Lipinski definition) is 3. The molecule has 1 unspecified atom stereocenters. The van der Waals surface area contributed by atoms with Crippen molar-refractivity contribution in [3.05, 3.63) is 35.4 Å². The molecule has 0 amide bonds. The van der Waals surface area contributed by atoms with Crippen molar-refractivity contribution in [1.29, 1.82) is 0 Å². The zero-order chi connectivity index (χ0) is 13.0. The fourth-order valence-corrected chi connectivity index (χ4v) is 2.48. The topological polar surface area (TPSA) is 60.8 Å². The molecule has 1 fully saturated rings. The van der Waals surface area contributed by atoms with Crippen molar-refractivity contribution in [3.8, 4) is 0 Å². The van der Waals surface area contributed by atoms with E-state index in [0.29, 0.717) is 5.92 Å². The van der Waals surface area contributed by atoms with Crippen molar-refractivity contribution in [1.82, 2.24) is 4.90 Å². The molecule has 0 aliphatic carbocycles. The Kier molecular flexibility index (Phi) is 4.33. The van der Waals surface area contributed by atoms with E-state index in [2.05, 4.69) is 4.90 Å². The normalized spacial score (nSPS) is 20.2. The SMILES string of the molecule is O=C(O)CC1CCN(Cc2ccc(CO)cc2)C1. The third kappa shape index (κ3) is 3.55. The van der Waals surface area contributed by atoms with Crippen molar-refractivity contribution in [2.24, 2.45) is 5.92 Å². The zero-order valence-electron chi connectivity index (χ0n) is 10.4. The van der Waals surface area contributed by atoms with Gasteiger partial charge in [0.2, 0.25) is 0 Å². The van der Waals surface area contributed by atoms with Gasteiger partial charge in [-0.3, -0.25) is 9.69 Å². The van der Waals surface area contributed by atoms with Crippen LogP contribution in [0.15, 0.2) is 24.3 Å². The summed E-state index contributed by atoms with van der Waals surface area (Å²) in [6.07, 6.45) is 1.25. The third-order valence-corrected chi connectivity index (χ3v) is 3.44. The average molecular weight is 249 g/mol. The van der Waals surface area contributed by atoms with Gasteiger partial charge in [-0.2, -0.15) is 0 Å².